The van der Waals surface area contributed by atoms with Crippen LogP contribution in [0.5, 0.6) is 0 Å². The molecule has 0 fully saturated rings. The van der Waals surface area contributed by atoms with E-state index in [1.54, 1.807) is 4.90 Å². The highest BCUT2D eigenvalue weighted by Gasteiger charge is 2.26. The van der Waals surface area contributed by atoms with Crippen molar-refractivity contribution in [1.29, 1.82) is 0 Å². The Hall–Kier alpha value is -0.530. The van der Waals surface area contributed by atoms with Gasteiger partial charge in [-0.3, -0.25) is 4.79 Å². The van der Waals surface area contributed by atoms with E-state index in [-0.39, 0.29) is 27.3 Å². The molecule has 1 rings (SSSR count). The minimum Gasteiger partial charge on any atom is -0.443 e. The first-order chi connectivity index (χ1) is 8.68. The first kappa shape index (κ1) is 16.5. The highest BCUT2D eigenvalue weighted by molar-refractivity contribution is 9.10. The standard InChI is InChI=1S/C11H15BrClNO4S/c1-4-5-14(7(2)3)11(15)8-6-9(10(12)18-8)19(13,16)17/h6-7H,4-5H2,1-3H3. The lowest BCUT2D eigenvalue weighted by atomic mass is 10.2. The number of hydrogen-bond acceptors (Lipinski definition) is 4. The van der Waals surface area contributed by atoms with Crippen LogP contribution in [0.15, 0.2) is 20.0 Å². The Balaban J connectivity index is 3.13. The van der Waals surface area contributed by atoms with Gasteiger partial charge in [0.05, 0.1) is 0 Å². The van der Waals surface area contributed by atoms with Crippen molar-refractivity contribution in [1.82, 2.24) is 4.90 Å². The fraction of sp³-hybridized carbons (Fsp3) is 0.545. The van der Waals surface area contributed by atoms with Gasteiger partial charge in [0, 0.05) is 29.3 Å². The Morgan fingerprint density at radius 1 is 1.53 bits per heavy atom. The number of hydrogen-bond donors (Lipinski definition) is 0. The molecular weight excluding hydrogens is 358 g/mol. The molecule has 0 atom stereocenters. The Kier molecular flexibility index (Phi) is 5.46. The van der Waals surface area contributed by atoms with Crippen molar-refractivity contribution in [2.45, 2.75) is 38.1 Å². The van der Waals surface area contributed by atoms with E-state index in [9.17, 15) is 13.2 Å². The second kappa shape index (κ2) is 6.28. The van der Waals surface area contributed by atoms with E-state index in [4.69, 9.17) is 15.1 Å². The average Bonchev–Trinajstić information content (AvgIpc) is 2.66. The van der Waals surface area contributed by atoms with E-state index in [0.717, 1.165) is 12.5 Å². The molecule has 0 N–H and O–H groups in total. The van der Waals surface area contributed by atoms with Crippen LogP contribution in [-0.4, -0.2) is 31.8 Å². The van der Waals surface area contributed by atoms with Crippen LogP contribution >= 0.6 is 26.6 Å². The third kappa shape index (κ3) is 3.97. The van der Waals surface area contributed by atoms with Gasteiger partial charge in [0.25, 0.3) is 15.0 Å². The van der Waals surface area contributed by atoms with Gasteiger partial charge in [0.1, 0.15) is 4.90 Å². The Labute approximate surface area is 125 Å². The van der Waals surface area contributed by atoms with Crippen LogP contribution in [0.25, 0.3) is 0 Å². The summed E-state index contributed by atoms with van der Waals surface area (Å²) in [5, 5.41) is 0. The van der Waals surface area contributed by atoms with Gasteiger partial charge in [0.2, 0.25) is 0 Å². The van der Waals surface area contributed by atoms with Crippen molar-refractivity contribution < 1.29 is 17.6 Å². The van der Waals surface area contributed by atoms with Gasteiger partial charge in [0.15, 0.2) is 10.4 Å². The molecule has 1 amide bonds. The molecule has 1 heterocycles. The van der Waals surface area contributed by atoms with Gasteiger partial charge in [-0.2, -0.15) is 0 Å². The predicted octanol–water partition coefficient (Wildman–Crippen LogP) is 3.23. The molecule has 8 heteroatoms. The second-order valence-corrected chi connectivity index (χ2v) is 7.53. The third-order valence-electron chi connectivity index (χ3n) is 2.48. The molecule has 0 aliphatic rings. The zero-order valence-corrected chi connectivity index (χ0v) is 14.0. The van der Waals surface area contributed by atoms with Crippen LogP contribution in [0.4, 0.5) is 0 Å². The molecular formula is C11H15BrClNO4S. The average molecular weight is 373 g/mol. The lowest BCUT2D eigenvalue weighted by Crippen LogP contribution is -2.37. The van der Waals surface area contributed by atoms with Crippen LogP contribution in [-0.2, 0) is 9.05 Å². The van der Waals surface area contributed by atoms with E-state index in [1.807, 2.05) is 20.8 Å². The molecule has 0 radical (unpaired) electrons. The highest BCUT2D eigenvalue weighted by atomic mass is 79.9. The zero-order valence-electron chi connectivity index (χ0n) is 10.8. The van der Waals surface area contributed by atoms with E-state index in [2.05, 4.69) is 15.9 Å². The number of halogens is 2. The zero-order chi connectivity index (χ0) is 14.8. The topological polar surface area (TPSA) is 67.6 Å². The summed E-state index contributed by atoms with van der Waals surface area (Å²) in [6.07, 6.45) is 0.798. The maximum Gasteiger partial charge on any atom is 0.289 e. The van der Waals surface area contributed by atoms with E-state index >= 15 is 0 Å². The predicted molar refractivity (Wildman–Crippen MR) is 75.9 cm³/mol. The summed E-state index contributed by atoms with van der Waals surface area (Å²) in [7, 11) is 1.30. The fourth-order valence-corrected chi connectivity index (χ4v) is 3.63. The molecule has 0 saturated carbocycles. The molecule has 0 aliphatic heterocycles. The number of furan rings is 1. The quantitative estimate of drug-likeness (QED) is 0.744. The highest BCUT2D eigenvalue weighted by Crippen LogP contribution is 2.29. The van der Waals surface area contributed by atoms with Gasteiger partial charge < -0.3 is 9.32 Å². The maximum atomic E-state index is 12.2. The number of rotatable bonds is 5. The van der Waals surface area contributed by atoms with Crippen LogP contribution < -0.4 is 0 Å². The lowest BCUT2D eigenvalue weighted by Gasteiger charge is -2.25. The second-order valence-electron chi connectivity index (χ2n) is 4.28. The number of carbonyl (C=O) groups is 1. The summed E-state index contributed by atoms with van der Waals surface area (Å²) in [4.78, 5) is 13.6. The van der Waals surface area contributed by atoms with Crippen molar-refractivity contribution in [3.63, 3.8) is 0 Å². The van der Waals surface area contributed by atoms with Gasteiger partial charge >= 0.3 is 0 Å². The molecule has 0 spiro atoms. The molecule has 5 nitrogen and oxygen atoms in total. The molecule has 0 aliphatic carbocycles. The summed E-state index contributed by atoms with van der Waals surface area (Å²) in [6, 6.07) is 1.13. The number of amides is 1. The van der Waals surface area contributed by atoms with Crippen LogP contribution in [0.3, 0.4) is 0 Å². The minimum absolute atomic E-state index is 0.00705. The largest absolute Gasteiger partial charge is 0.443 e. The molecule has 0 saturated heterocycles. The van der Waals surface area contributed by atoms with Crippen molar-refractivity contribution in [3.8, 4) is 0 Å². The van der Waals surface area contributed by atoms with Crippen LogP contribution in [0.2, 0.25) is 0 Å². The van der Waals surface area contributed by atoms with Gasteiger partial charge in [-0.05, 0) is 36.2 Å². The lowest BCUT2D eigenvalue weighted by molar-refractivity contribution is 0.0672. The SMILES string of the molecule is CCCN(C(=O)c1cc(S(=O)(=O)Cl)c(Br)o1)C(C)C. The Morgan fingerprint density at radius 3 is 2.47 bits per heavy atom. The molecule has 19 heavy (non-hydrogen) atoms. The van der Waals surface area contributed by atoms with Crippen molar-refractivity contribution in [2.75, 3.05) is 6.54 Å². The summed E-state index contributed by atoms with van der Waals surface area (Å²) in [6.45, 7) is 6.28. The minimum atomic E-state index is -3.94. The number of carbonyl (C=O) groups excluding carboxylic acids is 1. The smallest absolute Gasteiger partial charge is 0.289 e. The Morgan fingerprint density at radius 2 is 2.11 bits per heavy atom. The van der Waals surface area contributed by atoms with Crippen molar-refractivity contribution in [3.05, 3.63) is 16.5 Å². The third-order valence-corrected chi connectivity index (χ3v) is 4.66. The molecule has 1 aromatic heterocycles. The van der Waals surface area contributed by atoms with E-state index in [1.165, 1.54) is 0 Å². The summed E-state index contributed by atoms with van der Waals surface area (Å²) in [5.41, 5.74) is 0. The maximum absolute atomic E-state index is 12.2. The normalized spacial score (nSPS) is 11.9. The summed E-state index contributed by atoms with van der Waals surface area (Å²) >= 11 is 2.95. The summed E-state index contributed by atoms with van der Waals surface area (Å²) < 4.78 is 27.6. The molecule has 0 unspecified atom stereocenters. The van der Waals surface area contributed by atoms with Gasteiger partial charge in [-0.1, -0.05) is 6.92 Å². The first-order valence-corrected chi connectivity index (χ1v) is 8.83. The number of nitrogens with zero attached hydrogens (tertiary/aromatic N) is 1. The summed E-state index contributed by atoms with van der Waals surface area (Å²) in [5.74, 6) is -0.405. The van der Waals surface area contributed by atoms with E-state index < -0.39 is 9.05 Å². The van der Waals surface area contributed by atoms with Crippen LogP contribution in [0.1, 0.15) is 37.7 Å². The first-order valence-electron chi connectivity index (χ1n) is 5.73. The van der Waals surface area contributed by atoms with E-state index in [0.29, 0.717) is 6.54 Å². The Bertz CT molecular complexity index is 567. The fourth-order valence-electron chi connectivity index (χ4n) is 1.60. The van der Waals surface area contributed by atoms with Crippen molar-refractivity contribution >= 4 is 41.6 Å². The molecule has 1 aromatic rings. The van der Waals surface area contributed by atoms with Crippen LogP contribution in [0, 0.1) is 0 Å². The molecule has 108 valence electrons. The monoisotopic (exact) mass is 371 g/mol. The van der Waals surface area contributed by atoms with Gasteiger partial charge in [-0.15, -0.1) is 0 Å². The molecule has 0 bridgehead atoms. The molecule has 0 aromatic carbocycles. The van der Waals surface area contributed by atoms with Gasteiger partial charge in [-0.25, -0.2) is 8.42 Å². The van der Waals surface area contributed by atoms with Crippen molar-refractivity contribution in [2.24, 2.45) is 0 Å².